The fourth-order valence-corrected chi connectivity index (χ4v) is 2.45. The molecular weight excluding hydrogens is 331 g/mol. The number of phenolic OH excluding ortho intramolecular Hbond substituents is 1. The van der Waals surface area contributed by atoms with E-state index in [0.717, 1.165) is 5.69 Å². The number of hydrogen-bond donors (Lipinski definition) is 2. The highest BCUT2D eigenvalue weighted by atomic mass is 32.1. The molecule has 2 aromatic rings. The van der Waals surface area contributed by atoms with Crippen LogP contribution in [0.1, 0.15) is 39.0 Å². The third kappa shape index (κ3) is 6.87. The van der Waals surface area contributed by atoms with Crippen molar-refractivity contribution in [1.29, 1.82) is 0 Å². The molecule has 1 aromatic heterocycles. The van der Waals surface area contributed by atoms with Gasteiger partial charge in [0.05, 0.1) is 16.1 Å². The van der Waals surface area contributed by atoms with Gasteiger partial charge in [0.25, 0.3) is 0 Å². The van der Waals surface area contributed by atoms with Crippen LogP contribution in [-0.4, -0.2) is 22.3 Å². The normalized spacial score (nSPS) is 9.08. The van der Waals surface area contributed by atoms with E-state index in [4.69, 9.17) is 0 Å². The van der Waals surface area contributed by atoms with Crippen molar-refractivity contribution in [2.24, 2.45) is 0 Å². The molecule has 5 nitrogen and oxygen atoms in total. The minimum Gasteiger partial charge on any atom is -0.508 e. The molecule has 0 unspecified atom stereocenters. The molecule has 0 saturated carbocycles. The number of amides is 1. The van der Waals surface area contributed by atoms with Gasteiger partial charge < -0.3 is 15.2 Å². The molecule has 132 valence electrons. The summed E-state index contributed by atoms with van der Waals surface area (Å²) in [6, 6.07) is 2.58. The van der Waals surface area contributed by atoms with Crippen molar-refractivity contribution in [3.05, 3.63) is 34.7 Å². The van der Waals surface area contributed by atoms with Crippen molar-refractivity contribution in [3.8, 4) is 16.2 Å². The van der Waals surface area contributed by atoms with Gasteiger partial charge in [-0.3, -0.25) is 4.79 Å². The van der Waals surface area contributed by atoms with Crippen LogP contribution in [-0.2, 0) is 16.1 Å². The highest BCUT2D eigenvalue weighted by molar-refractivity contribution is 7.13. The van der Waals surface area contributed by atoms with Crippen LogP contribution < -0.4 is 5.32 Å². The Bertz CT molecular complexity index is 668. The van der Waals surface area contributed by atoms with Crippen LogP contribution in [0.5, 0.6) is 5.75 Å². The Balaban J connectivity index is 0.000000773. The first-order chi connectivity index (χ1) is 11.4. The van der Waals surface area contributed by atoms with Gasteiger partial charge in [0, 0.05) is 17.7 Å². The zero-order chi connectivity index (χ0) is 18.7. The van der Waals surface area contributed by atoms with Crippen molar-refractivity contribution in [2.45, 2.75) is 41.2 Å². The number of carbonyl (C=O) groups is 2. The molecule has 2 rings (SSSR count). The molecule has 1 amide bonds. The second-order valence-electron chi connectivity index (χ2n) is 4.63. The number of phenols is 1. The van der Waals surface area contributed by atoms with Crippen LogP contribution in [0.4, 0.5) is 4.39 Å². The summed E-state index contributed by atoms with van der Waals surface area (Å²) >= 11 is 1.32. The number of nitrogens with zero attached hydrogens (tertiary/aromatic N) is 1. The lowest BCUT2D eigenvalue weighted by molar-refractivity contribution is -0.115. The predicted octanol–water partition coefficient (Wildman–Crippen LogP) is 3.83. The Labute approximate surface area is 145 Å². The predicted molar refractivity (Wildman–Crippen MR) is 94.5 cm³/mol. The Morgan fingerprint density at radius 3 is 2.42 bits per heavy atom. The quantitative estimate of drug-likeness (QED) is 0.818. The fraction of sp³-hybridized carbons (Fsp3) is 0.353. The van der Waals surface area contributed by atoms with Crippen molar-refractivity contribution in [1.82, 2.24) is 10.3 Å². The van der Waals surface area contributed by atoms with Crippen LogP contribution in [0.15, 0.2) is 17.6 Å². The summed E-state index contributed by atoms with van der Waals surface area (Å²) in [5, 5.41) is 12.2. The van der Waals surface area contributed by atoms with Crippen LogP contribution >= 0.6 is 11.3 Å². The number of aryl methyl sites for hydroxylation is 1. The Morgan fingerprint density at radius 1 is 1.38 bits per heavy atom. The largest absolute Gasteiger partial charge is 0.508 e. The number of thiazole rings is 1. The van der Waals surface area contributed by atoms with E-state index in [1.165, 1.54) is 37.3 Å². The summed E-state index contributed by atoms with van der Waals surface area (Å²) < 4.78 is 14.0. The number of carbonyl (C=O) groups excluding carboxylic acids is 2. The van der Waals surface area contributed by atoms with Gasteiger partial charge in [-0.25, -0.2) is 9.37 Å². The van der Waals surface area contributed by atoms with Gasteiger partial charge >= 0.3 is 0 Å². The SMILES string of the molecule is CC.CC(C)=O.Cc1ncsc1-c1cc(O)c(CNC=O)cc1F. The number of Topliss-reactive ketones (excluding diaryl/α,β-unsaturated/α-hetero) is 1. The number of rotatable bonds is 4. The molecule has 0 fully saturated rings. The van der Waals surface area contributed by atoms with E-state index in [-0.39, 0.29) is 18.1 Å². The minimum absolute atomic E-state index is 0.0476. The van der Waals surface area contributed by atoms with E-state index in [0.29, 0.717) is 22.4 Å². The molecule has 0 saturated heterocycles. The monoisotopic (exact) mass is 354 g/mol. The average molecular weight is 354 g/mol. The molecule has 0 aliphatic rings. The zero-order valence-corrected chi connectivity index (χ0v) is 15.3. The number of aromatic nitrogens is 1. The fourth-order valence-electron chi connectivity index (χ4n) is 1.63. The summed E-state index contributed by atoms with van der Waals surface area (Å²) in [7, 11) is 0. The molecule has 1 heterocycles. The van der Waals surface area contributed by atoms with E-state index in [1.807, 2.05) is 13.8 Å². The molecule has 7 heteroatoms. The second kappa shape index (κ2) is 11.3. The highest BCUT2D eigenvalue weighted by Gasteiger charge is 2.14. The molecule has 0 aliphatic carbocycles. The molecule has 0 radical (unpaired) electrons. The van der Waals surface area contributed by atoms with Crippen LogP contribution in [0, 0.1) is 12.7 Å². The Kier molecular flexibility index (Phi) is 10.2. The molecule has 2 N–H and O–H groups in total. The first kappa shape index (κ1) is 21.7. The lowest BCUT2D eigenvalue weighted by Gasteiger charge is -2.08. The van der Waals surface area contributed by atoms with Crippen LogP contribution in [0.3, 0.4) is 0 Å². The zero-order valence-electron chi connectivity index (χ0n) is 14.5. The number of nitrogens with one attached hydrogen (secondary N) is 1. The summed E-state index contributed by atoms with van der Waals surface area (Å²) in [6.07, 6.45) is 0.499. The van der Waals surface area contributed by atoms with E-state index in [2.05, 4.69) is 10.3 Å². The van der Waals surface area contributed by atoms with Gasteiger partial charge in [-0.05, 0) is 32.9 Å². The van der Waals surface area contributed by atoms with E-state index in [9.17, 15) is 19.1 Å². The maximum Gasteiger partial charge on any atom is 0.207 e. The number of halogens is 1. The standard InChI is InChI=1S/C12H11FN2O2S.C3H6O.C2H6/c1-7-12(18-6-15-7)9-3-11(17)8(2-10(9)13)4-14-5-16;1-3(2)4;1-2/h2-3,5-6,17H,4H2,1H3,(H,14,16);1-2H3;1-2H3. The lowest BCUT2D eigenvalue weighted by Crippen LogP contribution is -2.10. The highest BCUT2D eigenvalue weighted by Crippen LogP contribution is 2.33. The van der Waals surface area contributed by atoms with Crippen LogP contribution in [0.2, 0.25) is 0 Å². The second-order valence-corrected chi connectivity index (χ2v) is 5.49. The van der Waals surface area contributed by atoms with Gasteiger partial charge in [0.1, 0.15) is 17.3 Å². The summed E-state index contributed by atoms with van der Waals surface area (Å²) in [5.74, 6) is -0.323. The van der Waals surface area contributed by atoms with Crippen molar-refractivity contribution < 1.29 is 19.1 Å². The third-order valence-electron chi connectivity index (χ3n) is 2.53. The van der Waals surface area contributed by atoms with E-state index >= 15 is 0 Å². The van der Waals surface area contributed by atoms with Crippen molar-refractivity contribution in [2.75, 3.05) is 0 Å². The van der Waals surface area contributed by atoms with Crippen LogP contribution in [0.25, 0.3) is 10.4 Å². The minimum atomic E-state index is -0.442. The van der Waals surface area contributed by atoms with Crippen molar-refractivity contribution in [3.63, 3.8) is 0 Å². The molecule has 0 atom stereocenters. The first-order valence-electron chi connectivity index (χ1n) is 7.42. The number of benzene rings is 1. The van der Waals surface area contributed by atoms with E-state index < -0.39 is 5.82 Å². The average Bonchev–Trinajstić information content (AvgIpc) is 2.95. The Hall–Kier alpha value is -2.28. The molecule has 0 aliphatic heterocycles. The topological polar surface area (TPSA) is 79.3 Å². The summed E-state index contributed by atoms with van der Waals surface area (Å²) in [4.78, 5) is 24.4. The summed E-state index contributed by atoms with van der Waals surface area (Å²) in [5.41, 5.74) is 3.01. The molecule has 0 bridgehead atoms. The maximum atomic E-state index is 14.0. The van der Waals surface area contributed by atoms with E-state index in [1.54, 1.807) is 12.4 Å². The maximum absolute atomic E-state index is 14.0. The lowest BCUT2D eigenvalue weighted by atomic mass is 10.1. The molecule has 0 spiro atoms. The molecule has 1 aromatic carbocycles. The van der Waals surface area contributed by atoms with Gasteiger partial charge in [0.2, 0.25) is 6.41 Å². The Morgan fingerprint density at radius 2 is 1.96 bits per heavy atom. The number of aromatic hydroxyl groups is 1. The van der Waals surface area contributed by atoms with Gasteiger partial charge in [-0.15, -0.1) is 11.3 Å². The summed E-state index contributed by atoms with van der Waals surface area (Å²) in [6.45, 7) is 8.93. The third-order valence-corrected chi connectivity index (χ3v) is 3.50. The number of ketones is 1. The van der Waals surface area contributed by atoms with Gasteiger partial charge in [0.15, 0.2) is 0 Å². The van der Waals surface area contributed by atoms with Crippen molar-refractivity contribution >= 4 is 23.5 Å². The first-order valence-corrected chi connectivity index (χ1v) is 8.30. The smallest absolute Gasteiger partial charge is 0.207 e. The molecular formula is C17H23FN2O3S. The molecule has 24 heavy (non-hydrogen) atoms. The van der Waals surface area contributed by atoms with Gasteiger partial charge in [-0.1, -0.05) is 13.8 Å². The number of hydrogen-bond acceptors (Lipinski definition) is 5. The van der Waals surface area contributed by atoms with Gasteiger partial charge in [-0.2, -0.15) is 0 Å².